The molecule has 2 aromatic rings. The lowest BCUT2D eigenvalue weighted by molar-refractivity contribution is 0.982. The van der Waals surface area contributed by atoms with Crippen LogP contribution in [0.25, 0.3) is 11.4 Å². The van der Waals surface area contributed by atoms with Crippen molar-refractivity contribution in [1.29, 1.82) is 0 Å². The minimum absolute atomic E-state index is 0.689. The first-order valence-corrected chi connectivity index (χ1v) is 8.57. The van der Waals surface area contributed by atoms with E-state index >= 15 is 0 Å². The van der Waals surface area contributed by atoms with Crippen LogP contribution in [0.4, 0.5) is 5.82 Å². The zero-order chi connectivity index (χ0) is 14.7. The third-order valence-electron chi connectivity index (χ3n) is 2.77. The number of aromatic nitrogens is 2. The van der Waals surface area contributed by atoms with E-state index in [1.807, 2.05) is 18.2 Å². The van der Waals surface area contributed by atoms with E-state index in [2.05, 4.69) is 67.7 Å². The smallest absolute Gasteiger partial charge is 0.162 e. The summed E-state index contributed by atoms with van der Waals surface area (Å²) in [5, 5.41) is 3.98. The van der Waals surface area contributed by atoms with Crippen LogP contribution in [0.2, 0.25) is 5.02 Å². The molecule has 0 unspecified atom stereocenters. The molecular weight excluding hydrogens is 452 g/mol. The predicted octanol–water partition coefficient (Wildman–Crippen LogP) is 5.16. The van der Waals surface area contributed by atoms with Crippen LogP contribution in [0.1, 0.15) is 19.5 Å². The zero-order valence-corrected chi connectivity index (χ0v) is 15.7. The molecule has 0 fully saturated rings. The maximum absolute atomic E-state index is 5.98. The minimum atomic E-state index is 0.689. The SMILES string of the molecule is CCNc1nc(-c2ccc(Cl)cc2Br)nc(CC)c1I. The largest absolute Gasteiger partial charge is 0.369 e. The van der Waals surface area contributed by atoms with Gasteiger partial charge in [-0.05, 0) is 70.1 Å². The molecule has 6 heteroatoms. The molecule has 0 atom stereocenters. The molecule has 3 nitrogen and oxygen atoms in total. The van der Waals surface area contributed by atoms with Crippen LogP contribution in [-0.4, -0.2) is 16.5 Å². The summed E-state index contributed by atoms with van der Waals surface area (Å²) in [5.74, 6) is 1.60. The molecule has 0 spiro atoms. The first kappa shape index (κ1) is 16.0. The number of benzene rings is 1. The zero-order valence-electron chi connectivity index (χ0n) is 11.2. The Balaban J connectivity index is 2.58. The molecule has 0 saturated carbocycles. The molecule has 0 amide bonds. The summed E-state index contributed by atoms with van der Waals surface area (Å²) in [4.78, 5) is 9.29. The summed E-state index contributed by atoms with van der Waals surface area (Å²) in [6.45, 7) is 4.99. The van der Waals surface area contributed by atoms with Gasteiger partial charge in [0.15, 0.2) is 5.82 Å². The summed E-state index contributed by atoms with van der Waals surface area (Å²) in [5.41, 5.74) is 1.99. The summed E-state index contributed by atoms with van der Waals surface area (Å²) < 4.78 is 1.98. The van der Waals surface area contributed by atoms with Gasteiger partial charge in [-0.1, -0.05) is 18.5 Å². The van der Waals surface area contributed by atoms with E-state index in [1.54, 1.807) is 0 Å². The van der Waals surface area contributed by atoms with Crippen LogP contribution in [0.3, 0.4) is 0 Å². The van der Waals surface area contributed by atoms with Gasteiger partial charge in [0.25, 0.3) is 0 Å². The van der Waals surface area contributed by atoms with Crippen molar-refractivity contribution in [3.05, 3.63) is 37.0 Å². The van der Waals surface area contributed by atoms with Gasteiger partial charge in [0, 0.05) is 21.6 Å². The first-order valence-electron chi connectivity index (χ1n) is 6.32. The normalized spacial score (nSPS) is 10.7. The molecule has 0 aliphatic heterocycles. The van der Waals surface area contributed by atoms with Crippen LogP contribution < -0.4 is 5.32 Å². The summed E-state index contributed by atoms with van der Waals surface area (Å²) >= 11 is 11.8. The molecule has 1 aromatic heterocycles. The van der Waals surface area contributed by atoms with E-state index < -0.39 is 0 Å². The second-order valence-corrected chi connectivity index (χ2v) is 6.53. The number of nitrogens with zero attached hydrogens (tertiary/aromatic N) is 2. The van der Waals surface area contributed by atoms with E-state index in [9.17, 15) is 0 Å². The van der Waals surface area contributed by atoms with Crippen molar-refractivity contribution in [2.45, 2.75) is 20.3 Å². The molecule has 0 aliphatic rings. The summed E-state index contributed by atoms with van der Waals surface area (Å²) in [7, 11) is 0. The minimum Gasteiger partial charge on any atom is -0.369 e. The lowest BCUT2D eigenvalue weighted by Crippen LogP contribution is -2.07. The molecule has 0 bridgehead atoms. The van der Waals surface area contributed by atoms with Crippen molar-refractivity contribution in [1.82, 2.24) is 9.97 Å². The number of hydrogen-bond donors (Lipinski definition) is 1. The number of hydrogen-bond acceptors (Lipinski definition) is 3. The van der Waals surface area contributed by atoms with Crippen molar-refractivity contribution in [3.8, 4) is 11.4 Å². The van der Waals surface area contributed by atoms with Gasteiger partial charge in [-0.25, -0.2) is 9.97 Å². The molecule has 1 aromatic carbocycles. The molecule has 0 aliphatic carbocycles. The third-order valence-corrected chi connectivity index (χ3v) is 4.80. The fraction of sp³-hybridized carbons (Fsp3) is 0.286. The molecule has 2 rings (SSSR count). The van der Waals surface area contributed by atoms with E-state index in [0.29, 0.717) is 10.8 Å². The molecule has 1 N–H and O–H groups in total. The average Bonchev–Trinajstić information content (AvgIpc) is 2.41. The highest BCUT2D eigenvalue weighted by Gasteiger charge is 2.14. The summed E-state index contributed by atoms with van der Waals surface area (Å²) in [6, 6.07) is 5.64. The van der Waals surface area contributed by atoms with E-state index in [4.69, 9.17) is 11.6 Å². The van der Waals surface area contributed by atoms with E-state index in [-0.39, 0.29) is 0 Å². The van der Waals surface area contributed by atoms with Gasteiger partial charge in [-0.2, -0.15) is 0 Å². The van der Waals surface area contributed by atoms with Gasteiger partial charge >= 0.3 is 0 Å². The van der Waals surface area contributed by atoms with E-state index in [1.165, 1.54) is 0 Å². The van der Waals surface area contributed by atoms with Crippen molar-refractivity contribution < 1.29 is 0 Å². The van der Waals surface area contributed by atoms with Gasteiger partial charge in [-0.3, -0.25) is 0 Å². The molecule has 0 saturated heterocycles. The Morgan fingerprint density at radius 3 is 2.65 bits per heavy atom. The Hall–Kier alpha value is -0.400. The highest BCUT2D eigenvalue weighted by atomic mass is 127. The number of rotatable bonds is 4. The van der Waals surface area contributed by atoms with Crippen LogP contribution in [0.5, 0.6) is 0 Å². The number of halogens is 3. The van der Waals surface area contributed by atoms with Crippen molar-refractivity contribution >= 4 is 55.9 Å². The van der Waals surface area contributed by atoms with Gasteiger partial charge in [-0.15, -0.1) is 0 Å². The standard InChI is InChI=1S/C14H14BrClIN3/c1-3-11-12(17)14(18-4-2)20-13(19-11)9-6-5-8(16)7-10(9)15/h5-7H,3-4H2,1-2H3,(H,18,19,20). The topological polar surface area (TPSA) is 37.8 Å². The van der Waals surface area contributed by atoms with E-state index in [0.717, 1.165) is 38.1 Å². The fourth-order valence-corrected chi connectivity index (χ4v) is 3.48. The van der Waals surface area contributed by atoms with Crippen molar-refractivity contribution in [3.63, 3.8) is 0 Å². The molecule has 1 heterocycles. The number of nitrogens with one attached hydrogen (secondary N) is 1. The third kappa shape index (κ3) is 3.43. The van der Waals surface area contributed by atoms with Crippen LogP contribution >= 0.6 is 50.1 Å². The molecule has 0 radical (unpaired) electrons. The van der Waals surface area contributed by atoms with Crippen LogP contribution in [0.15, 0.2) is 22.7 Å². The Bertz CT molecular complexity index is 634. The Kier molecular flexibility index (Phi) is 5.63. The van der Waals surface area contributed by atoms with Gasteiger partial charge in [0.05, 0.1) is 9.26 Å². The Labute approximate surface area is 145 Å². The lowest BCUT2D eigenvalue weighted by Gasteiger charge is -2.12. The quantitative estimate of drug-likeness (QED) is 0.633. The highest BCUT2D eigenvalue weighted by molar-refractivity contribution is 14.1. The summed E-state index contributed by atoms with van der Waals surface area (Å²) in [6.07, 6.45) is 0.872. The van der Waals surface area contributed by atoms with Gasteiger partial charge in [0.1, 0.15) is 5.82 Å². The van der Waals surface area contributed by atoms with Gasteiger partial charge < -0.3 is 5.32 Å². The van der Waals surface area contributed by atoms with Crippen LogP contribution in [0, 0.1) is 3.57 Å². The molecule has 106 valence electrons. The van der Waals surface area contributed by atoms with Crippen molar-refractivity contribution in [2.75, 3.05) is 11.9 Å². The van der Waals surface area contributed by atoms with Gasteiger partial charge in [0.2, 0.25) is 0 Å². The number of aryl methyl sites for hydroxylation is 1. The van der Waals surface area contributed by atoms with Crippen molar-refractivity contribution in [2.24, 2.45) is 0 Å². The molecular formula is C14H14BrClIN3. The predicted molar refractivity (Wildman–Crippen MR) is 96.4 cm³/mol. The molecule has 20 heavy (non-hydrogen) atoms. The maximum atomic E-state index is 5.98. The fourth-order valence-electron chi connectivity index (χ4n) is 1.80. The monoisotopic (exact) mass is 465 g/mol. The number of anilines is 1. The maximum Gasteiger partial charge on any atom is 0.162 e. The Morgan fingerprint density at radius 1 is 1.30 bits per heavy atom. The Morgan fingerprint density at radius 2 is 2.05 bits per heavy atom. The lowest BCUT2D eigenvalue weighted by atomic mass is 10.2. The van der Waals surface area contributed by atoms with Crippen LogP contribution in [-0.2, 0) is 6.42 Å². The second-order valence-electron chi connectivity index (χ2n) is 4.16. The second kappa shape index (κ2) is 7.04. The first-order chi connectivity index (χ1) is 9.56. The highest BCUT2D eigenvalue weighted by Crippen LogP contribution is 2.31. The average molecular weight is 467 g/mol.